The maximum absolute atomic E-state index is 4.61. The molecule has 0 saturated heterocycles. The van der Waals surface area contributed by atoms with Crippen LogP contribution in [0.5, 0.6) is 0 Å². The quantitative estimate of drug-likeness (QED) is 0.875. The number of nitrogens with one attached hydrogen (secondary N) is 1. The van der Waals surface area contributed by atoms with Crippen LogP contribution in [0, 0.1) is 5.92 Å². The third-order valence-electron chi connectivity index (χ3n) is 3.84. The van der Waals surface area contributed by atoms with Crippen molar-refractivity contribution in [1.82, 2.24) is 15.1 Å². The summed E-state index contributed by atoms with van der Waals surface area (Å²) in [5.74, 6) is 0.980. The number of aromatic nitrogens is 2. The highest BCUT2D eigenvalue weighted by Gasteiger charge is 2.23. The molecule has 1 N–H and O–H groups in total. The van der Waals surface area contributed by atoms with Crippen LogP contribution in [0.15, 0.2) is 24.3 Å². The van der Waals surface area contributed by atoms with E-state index >= 15 is 0 Å². The van der Waals surface area contributed by atoms with Crippen LogP contribution in [-0.2, 0) is 13.6 Å². The molecule has 1 unspecified atom stereocenters. The molecule has 1 aliphatic rings. The molecule has 1 aromatic carbocycles. The Balaban J connectivity index is 1.70. The largest absolute Gasteiger partial charge is 0.309 e. The Morgan fingerprint density at radius 3 is 2.94 bits per heavy atom. The maximum atomic E-state index is 4.61. The minimum atomic E-state index is 0.596. The number of benzene rings is 1. The highest BCUT2D eigenvalue weighted by atomic mass is 15.3. The number of rotatable bonds is 5. The summed E-state index contributed by atoms with van der Waals surface area (Å²) < 4.78 is 1.97. The van der Waals surface area contributed by atoms with Crippen molar-refractivity contribution in [2.45, 2.75) is 38.8 Å². The number of aryl methyl sites for hydroxylation is 1. The van der Waals surface area contributed by atoms with Gasteiger partial charge in [0.25, 0.3) is 0 Å². The lowest BCUT2D eigenvalue weighted by Gasteiger charge is -2.11. The SMILES string of the molecule is CC(CC1CC1)NCc1nn(C)c2ccccc12. The van der Waals surface area contributed by atoms with Gasteiger partial charge in [-0.1, -0.05) is 31.0 Å². The summed E-state index contributed by atoms with van der Waals surface area (Å²) in [5.41, 5.74) is 2.37. The molecule has 96 valence electrons. The molecular weight excluding hydrogens is 222 g/mol. The number of para-hydroxylation sites is 1. The van der Waals surface area contributed by atoms with Gasteiger partial charge in [-0.25, -0.2) is 0 Å². The van der Waals surface area contributed by atoms with E-state index in [2.05, 4.69) is 41.6 Å². The fourth-order valence-corrected chi connectivity index (χ4v) is 2.63. The minimum absolute atomic E-state index is 0.596. The first kappa shape index (κ1) is 11.7. The molecule has 0 radical (unpaired) electrons. The molecule has 18 heavy (non-hydrogen) atoms. The minimum Gasteiger partial charge on any atom is -0.309 e. The third kappa shape index (κ3) is 2.41. The van der Waals surface area contributed by atoms with Crippen molar-refractivity contribution >= 4 is 10.9 Å². The first-order valence-corrected chi connectivity index (χ1v) is 6.88. The lowest BCUT2D eigenvalue weighted by Crippen LogP contribution is -2.26. The predicted octanol–water partition coefficient (Wildman–Crippen LogP) is 2.85. The van der Waals surface area contributed by atoms with E-state index in [1.54, 1.807) is 0 Å². The topological polar surface area (TPSA) is 29.9 Å². The molecule has 1 fully saturated rings. The van der Waals surface area contributed by atoms with Gasteiger partial charge in [0.1, 0.15) is 0 Å². The van der Waals surface area contributed by atoms with Gasteiger partial charge in [0.15, 0.2) is 0 Å². The van der Waals surface area contributed by atoms with E-state index in [0.717, 1.165) is 18.2 Å². The molecule has 3 nitrogen and oxygen atoms in total. The summed E-state index contributed by atoms with van der Waals surface area (Å²) in [6.07, 6.45) is 4.17. The first-order chi connectivity index (χ1) is 8.74. The summed E-state index contributed by atoms with van der Waals surface area (Å²) in [6, 6.07) is 9.03. The predicted molar refractivity (Wildman–Crippen MR) is 74.4 cm³/mol. The summed E-state index contributed by atoms with van der Waals surface area (Å²) in [4.78, 5) is 0. The van der Waals surface area contributed by atoms with Crippen molar-refractivity contribution in [3.63, 3.8) is 0 Å². The fourth-order valence-electron chi connectivity index (χ4n) is 2.63. The smallest absolute Gasteiger partial charge is 0.0841 e. The Labute approximate surface area is 108 Å². The lowest BCUT2D eigenvalue weighted by atomic mass is 10.1. The third-order valence-corrected chi connectivity index (χ3v) is 3.84. The van der Waals surface area contributed by atoms with Crippen molar-refractivity contribution in [3.05, 3.63) is 30.0 Å². The van der Waals surface area contributed by atoms with E-state index in [-0.39, 0.29) is 0 Å². The summed E-state index contributed by atoms with van der Waals surface area (Å²) in [6.45, 7) is 3.15. The molecule has 0 bridgehead atoms. The van der Waals surface area contributed by atoms with Crippen LogP contribution in [0.4, 0.5) is 0 Å². The van der Waals surface area contributed by atoms with E-state index in [9.17, 15) is 0 Å². The first-order valence-electron chi connectivity index (χ1n) is 6.88. The molecule has 1 aromatic heterocycles. The van der Waals surface area contributed by atoms with E-state index in [1.165, 1.54) is 30.2 Å². The van der Waals surface area contributed by atoms with Crippen LogP contribution >= 0.6 is 0 Å². The van der Waals surface area contributed by atoms with E-state index in [0.29, 0.717) is 6.04 Å². The highest BCUT2D eigenvalue weighted by molar-refractivity contribution is 5.81. The van der Waals surface area contributed by atoms with Crippen LogP contribution < -0.4 is 5.32 Å². The van der Waals surface area contributed by atoms with Gasteiger partial charge < -0.3 is 5.32 Å². The summed E-state index contributed by atoms with van der Waals surface area (Å²) in [5, 5.41) is 9.48. The van der Waals surface area contributed by atoms with Crippen LogP contribution in [0.1, 0.15) is 31.9 Å². The van der Waals surface area contributed by atoms with Gasteiger partial charge in [-0.3, -0.25) is 4.68 Å². The second-order valence-corrected chi connectivity index (χ2v) is 5.55. The average Bonchev–Trinajstić information content (AvgIpc) is 3.12. The monoisotopic (exact) mass is 243 g/mol. The summed E-state index contributed by atoms with van der Waals surface area (Å²) in [7, 11) is 2.01. The van der Waals surface area contributed by atoms with Crippen molar-refractivity contribution in [2.75, 3.05) is 0 Å². The molecule has 1 atom stereocenters. The highest BCUT2D eigenvalue weighted by Crippen LogP contribution is 2.33. The van der Waals surface area contributed by atoms with Crippen LogP contribution in [-0.4, -0.2) is 15.8 Å². The van der Waals surface area contributed by atoms with Crippen molar-refractivity contribution < 1.29 is 0 Å². The second-order valence-electron chi connectivity index (χ2n) is 5.55. The van der Waals surface area contributed by atoms with Gasteiger partial charge in [-0.2, -0.15) is 5.10 Å². The van der Waals surface area contributed by atoms with Crippen molar-refractivity contribution in [1.29, 1.82) is 0 Å². The molecule has 3 heteroatoms. The molecule has 1 heterocycles. The molecule has 0 amide bonds. The Kier molecular flexibility index (Phi) is 3.08. The van der Waals surface area contributed by atoms with Gasteiger partial charge in [-0.15, -0.1) is 0 Å². The van der Waals surface area contributed by atoms with Crippen LogP contribution in [0.25, 0.3) is 10.9 Å². The second kappa shape index (κ2) is 4.73. The van der Waals surface area contributed by atoms with E-state index in [4.69, 9.17) is 0 Å². The average molecular weight is 243 g/mol. The van der Waals surface area contributed by atoms with E-state index in [1.807, 2.05) is 11.7 Å². The Morgan fingerprint density at radius 1 is 1.39 bits per heavy atom. The molecule has 0 spiro atoms. The molecule has 1 aliphatic carbocycles. The number of hydrogen-bond donors (Lipinski definition) is 1. The molecule has 0 aliphatic heterocycles. The Hall–Kier alpha value is -1.35. The maximum Gasteiger partial charge on any atom is 0.0841 e. The van der Waals surface area contributed by atoms with E-state index < -0.39 is 0 Å². The molecular formula is C15H21N3. The van der Waals surface area contributed by atoms with Crippen molar-refractivity contribution in [2.24, 2.45) is 13.0 Å². The lowest BCUT2D eigenvalue weighted by molar-refractivity contribution is 0.483. The molecule has 1 saturated carbocycles. The summed E-state index contributed by atoms with van der Waals surface area (Å²) >= 11 is 0. The number of nitrogens with zero attached hydrogens (tertiary/aromatic N) is 2. The van der Waals surface area contributed by atoms with Gasteiger partial charge in [0.05, 0.1) is 11.2 Å². The normalized spacial score (nSPS) is 17.2. The van der Waals surface area contributed by atoms with Crippen LogP contribution in [0.2, 0.25) is 0 Å². The number of hydrogen-bond acceptors (Lipinski definition) is 2. The Bertz CT molecular complexity index is 540. The zero-order chi connectivity index (χ0) is 12.5. The standard InChI is InChI=1S/C15H21N3/c1-11(9-12-7-8-12)16-10-14-13-5-3-4-6-15(13)18(2)17-14/h3-6,11-12,16H,7-10H2,1-2H3. The molecule has 3 rings (SSSR count). The van der Waals surface area contributed by atoms with Gasteiger partial charge >= 0.3 is 0 Å². The zero-order valence-electron chi connectivity index (χ0n) is 11.2. The van der Waals surface area contributed by atoms with Crippen molar-refractivity contribution in [3.8, 4) is 0 Å². The zero-order valence-corrected chi connectivity index (χ0v) is 11.2. The van der Waals surface area contributed by atoms with Gasteiger partial charge in [0, 0.05) is 25.0 Å². The fraction of sp³-hybridized carbons (Fsp3) is 0.533. The van der Waals surface area contributed by atoms with Crippen LogP contribution in [0.3, 0.4) is 0 Å². The Morgan fingerprint density at radius 2 is 2.17 bits per heavy atom. The van der Waals surface area contributed by atoms with Gasteiger partial charge in [0.2, 0.25) is 0 Å². The number of fused-ring (bicyclic) bond motifs is 1. The van der Waals surface area contributed by atoms with Gasteiger partial charge in [-0.05, 0) is 25.3 Å². The molecule has 2 aromatic rings.